The van der Waals surface area contributed by atoms with Crippen molar-refractivity contribution in [3.05, 3.63) is 54.1 Å². The van der Waals surface area contributed by atoms with Crippen LogP contribution in [-0.4, -0.2) is 18.3 Å². The molecule has 1 saturated carbocycles. The molecule has 0 atom stereocenters. The van der Waals surface area contributed by atoms with Gasteiger partial charge in [0, 0.05) is 12.2 Å². The van der Waals surface area contributed by atoms with E-state index < -0.39 is 0 Å². The van der Waals surface area contributed by atoms with Gasteiger partial charge in [0.1, 0.15) is 11.5 Å². The predicted octanol–water partition coefficient (Wildman–Crippen LogP) is 4.50. The average molecular weight is 356 g/mol. The first-order valence-electron chi connectivity index (χ1n) is 8.67. The number of ether oxygens (including phenoxy) is 2. The van der Waals surface area contributed by atoms with Crippen molar-refractivity contribution in [2.24, 2.45) is 0 Å². The first kappa shape index (κ1) is 17.5. The van der Waals surface area contributed by atoms with Crippen LogP contribution in [0, 0.1) is 0 Å². The van der Waals surface area contributed by atoms with Crippen molar-refractivity contribution in [1.29, 1.82) is 0 Å². The Bertz CT molecular complexity index is 697. The lowest BCUT2D eigenvalue weighted by Crippen LogP contribution is -2.27. The zero-order valence-corrected chi connectivity index (χ0v) is 15.3. The van der Waals surface area contributed by atoms with Crippen LogP contribution in [0.4, 0.5) is 5.69 Å². The first-order valence-corrected chi connectivity index (χ1v) is 9.08. The minimum absolute atomic E-state index is 0.379. The molecule has 0 aromatic heterocycles. The van der Waals surface area contributed by atoms with Gasteiger partial charge in [-0.1, -0.05) is 12.1 Å². The lowest BCUT2D eigenvalue weighted by Gasteiger charge is -2.14. The van der Waals surface area contributed by atoms with E-state index in [2.05, 4.69) is 10.6 Å². The standard InChI is InChI=1S/C20H24N2O2S/c1-23-19-8-4-5-15(13-19)14-21-20(25)22-16-9-11-18(12-10-16)24-17-6-2-3-7-17/h4-5,8-13,17H,2-3,6-7,14H2,1H3,(H2,21,22,25). The Morgan fingerprint density at radius 1 is 1.08 bits per heavy atom. The van der Waals surface area contributed by atoms with Gasteiger partial charge in [-0.2, -0.15) is 0 Å². The molecule has 0 spiro atoms. The van der Waals surface area contributed by atoms with E-state index in [1.54, 1.807) is 7.11 Å². The molecule has 1 fully saturated rings. The molecule has 132 valence electrons. The first-order chi connectivity index (χ1) is 12.2. The van der Waals surface area contributed by atoms with Crippen LogP contribution in [0.15, 0.2) is 48.5 Å². The van der Waals surface area contributed by atoms with Crippen molar-refractivity contribution >= 4 is 23.0 Å². The molecule has 2 aromatic rings. The van der Waals surface area contributed by atoms with Crippen LogP contribution in [0.25, 0.3) is 0 Å². The Morgan fingerprint density at radius 2 is 1.84 bits per heavy atom. The lowest BCUT2D eigenvalue weighted by atomic mass is 10.2. The van der Waals surface area contributed by atoms with Crippen LogP contribution in [0.5, 0.6) is 11.5 Å². The van der Waals surface area contributed by atoms with Crippen LogP contribution >= 0.6 is 12.2 Å². The van der Waals surface area contributed by atoms with Crippen LogP contribution in [-0.2, 0) is 6.54 Å². The predicted molar refractivity (Wildman–Crippen MR) is 105 cm³/mol. The fraction of sp³-hybridized carbons (Fsp3) is 0.350. The fourth-order valence-corrected chi connectivity index (χ4v) is 3.15. The van der Waals surface area contributed by atoms with Crippen LogP contribution in [0.3, 0.4) is 0 Å². The summed E-state index contributed by atoms with van der Waals surface area (Å²) in [4.78, 5) is 0. The van der Waals surface area contributed by atoms with E-state index in [4.69, 9.17) is 21.7 Å². The molecule has 3 rings (SSSR count). The summed E-state index contributed by atoms with van der Waals surface area (Å²) < 4.78 is 11.2. The molecule has 0 bridgehead atoms. The van der Waals surface area contributed by atoms with Gasteiger partial charge in [-0.3, -0.25) is 0 Å². The second kappa shape index (κ2) is 8.72. The number of benzene rings is 2. The molecular weight excluding hydrogens is 332 g/mol. The van der Waals surface area contributed by atoms with E-state index in [0.717, 1.165) is 35.6 Å². The van der Waals surface area contributed by atoms with Crippen molar-refractivity contribution in [1.82, 2.24) is 5.32 Å². The number of hydrogen-bond acceptors (Lipinski definition) is 3. The van der Waals surface area contributed by atoms with Crippen molar-refractivity contribution in [2.75, 3.05) is 12.4 Å². The summed E-state index contributed by atoms with van der Waals surface area (Å²) in [5, 5.41) is 6.99. The summed E-state index contributed by atoms with van der Waals surface area (Å²) in [5.74, 6) is 1.77. The maximum absolute atomic E-state index is 5.97. The Labute approximate surface area is 154 Å². The van der Waals surface area contributed by atoms with Gasteiger partial charge in [-0.15, -0.1) is 0 Å². The molecule has 1 aliphatic carbocycles. The fourth-order valence-electron chi connectivity index (χ4n) is 2.96. The van der Waals surface area contributed by atoms with Gasteiger partial charge in [0.05, 0.1) is 13.2 Å². The Kier molecular flexibility index (Phi) is 6.12. The van der Waals surface area contributed by atoms with Crippen LogP contribution < -0.4 is 20.1 Å². The molecule has 4 nitrogen and oxygen atoms in total. The molecule has 2 N–H and O–H groups in total. The maximum Gasteiger partial charge on any atom is 0.171 e. The second-order valence-electron chi connectivity index (χ2n) is 6.21. The Balaban J connectivity index is 1.47. The summed E-state index contributed by atoms with van der Waals surface area (Å²) in [6.45, 7) is 0.645. The summed E-state index contributed by atoms with van der Waals surface area (Å²) >= 11 is 5.36. The third-order valence-electron chi connectivity index (χ3n) is 4.30. The molecule has 0 unspecified atom stereocenters. The number of rotatable bonds is 6. The van der Waals surface area contributed by atoms with E-state index >= 15 is 0 Å². The topological polar surface area (TPSA) is 42.5 Å². The van der Waals surface area contributed by atoms with Gasteiger partial charge >= 0.3 is 0 Å². The number of methoxy groups -OCH3 is 1. The van der Waals surface area contributed by atoms with Gasteiger partial charge in [-0.05, 0) is 79.9 Å². The van der Waals surface area contributed by atoms with E-state index in [1.165, 1.54) is 12.8 Å². The summed E-state index contributed by atoms with van der Waals surface area (Å²) in [7, 11) is 1.67. The SMILES string of the molecule is COc1cccc(CNC(=S)Nc2ccc(OC3CCCC3)cc2)c1. The van der Waals surface area contributed by atoms with Crippen molar-refractivity contribution in [3.63, 3.8) is 0 Å². The summed E-state index contributed by atoms with van der Waals surface area (Å²) in [6.07, 6.45) is 5.26. The molecule has 5 heteroatoms. The number of nitrogens with one attached hydrogen (secondary N) is 2. The van der Waals surface area contributed by atoms with E-state index in [0.29, 0.717) is 17.8 Å². The van der Waals surface area contributed by atoms with Gasteiger partial charge < -0.3 is 20.1 Å². The van der Waals surface area contributed by atoms with Gasteiger partial charge in [0.15, 0.2) is 5.11 Å². The number of hydrogen-bond donors (Lipinski definition) is 2. The highest BCUT2D eigenvalue weighted by Gasteiger charge is 2.16. The smallest absolute Gasteiger partial charge is 0.171 e. The molecule has 1 aliphatic rings. The summed E-state index contributed by atoms with van der Waals surface area (Å²) in [5.41, 5.74) is 2.06. The van der Waals surface area contributed by atoms with E-state index in [-0.39, 0.29) is 0 Å². The third-order valence-corrected chi connectivity index (χ3v) is 4.55. The van der Waals surface area contributed by atoms with Gasteiger partial charge in [0.25, 0.3) is 0 Å². The van der Waals surface area contributed by atoms with Crippen LogP contribution in [0.1, 0.15) is 31.2 Å². The number of thiocarbonyl (C=S) groups is 1. The molecule has 2 aromatic carbocycles. The van der Waals surface area contributed by atoms with Crippen LogP contribution in [0.2, 0.25) is 0 Å². The highest BCUT2D eigenvalue weighted by Crippen LogP contribution is 2.25. The maximum atomic E-state index is 5.97. The number of anilines is 1. The quantitative estimate of drug-likeness (QED) is 0.746. The lowest BCUT2D eigenvalue weighted by molar-refractivity contribution is 0.210. The van der Waals surface area contributed by atoms with Gasteiger partial charge in [0.2, 0.25) is 0 Å². The molecule has 0 heterocycles. The monoisotopic (exact) mass is 356 g/mol. The second-order valence-corrected chi connectivity index (χ2v) is 6.62. The molecule has 0 radical (unpaired) electrons. The molecule has 0 amide bonds. The summed E-state index contributed by atoms with van der Waals surface area (Å²) in [6, 6.07) is 15.9. The molecule has 0 aliphatic heterocycles. The Morgan fingerprint density at radius 3 is 2.56 bits per heavy atom. The Hall–Kier alpha value is -2.27. The molecular formula is C20H24N2O2S. The highest BCUT2D eigenvalue weighted by molar-refractivity contribution is 7.80. The van der Waals surface area contributed by atoms with Crippen molar-refractivity contribution in [3.8, 4) is 11.5 Å². The van der Waals surface area contributed by atoms with Crippen molar-refractivity contribution in [2.45, 2.75) is 38.3 Å². The largest absolute Gasteiger partial charge is 0.497 e. The zero-order valence-electron chi connectivity index (χ0n) is 14.5. The zero-order chi connectivity index (χ0) is 17.5. The van der Waals surface area contributed by atoms with Gasteiger partial charge in [-0.25, -0.2) is 0 Å². The normalized spacial score (nSPS) is 14.1. The average Bonchev–Trinajstić information content (AvgIpc) is 3.15. The van der Waals surface area contributed by atoms with E-state index in [1.807, 2.05) is 48.5 Å². The molecule has 25 heavy (non-hydrogen) atoms. The van der Waals surface area contributed by atoms with Crippen molar-refractivity contribution < 1.29 is 9.47 Å². The third kappa shape index (κ3) is 5.36. The molecule has 0 saturated heterocycles. The minimum atomic E-state index is 0.379. The minimum Gasteiger partial charge on any atom is -0.497 e. The van der Waals surface area contributed by atoms with E-state index in [9.17, 15) is 0 Å². The highest BCUT2D eigenvalue weighted by atomic mass is 32.1.